The summed E-state index contributed by atoms with van der Waals surface area (Å²) >= 11 is 0. The summed E-state index contributed by atoms with van der Waals surface area (Å²) in [4.78, 5) is 14.4. The largest absolute Gasteiger partial charge is 2.00 e. The molecule has 0 N–H and O–H groups in total. The summed E-state index contributed by atoms with van der Waals surface area (Å²) in [5.41, 5.74) is 0. The Labute approximate surface area is 148 Å². The minimum atomic E-state index is -0.152. The molecular formula is C15H10BrMgNO3. The van der Waals surface area contributed by atoms with Crippen molar-refractivity contribution in [2.45, 2.75) is 0 Å². The van der Waals surface area contributed by atoms with Crippen LogP contribution >= 0.6 is 0 Å². The van der Waals surface area contributed by atoms with Crippen LogP contribution in [0, 0.1) is 6.07 Å². The number of rotatable bonds is 0. The third kappa shape index (κ3) is 4.29. The van der Waals surface area contributed by atoms with Crippen LogP contribution in [0.3, 0.4) is 0 Å². The van der Waals surface area contributed by atoms with Gasteiger partial charge in [0.15, 0.2) is 0 Å². The van der Waals surface area contributed by atoms with E-state index >= 15 is 0 Å². The molecule has 4 rings (SSSR count). The Bertz CT molecular complexity index is 689. The van der Waals surface area contributed by atoms with Crippen molar-refractivity contribution in [1.82, 2.24) is 0 Å². The van der Waals surface area contributed by atoms with E-state index in [4.69, 9.17) is 9.47 Å². The van der Waals surface area contributed by atoms with E-state index < -0.39 is 0 Å². The topological polar surface area (TPSA) is 47.9 Å². The number of carbonyl (C=O) groups is 1. The van der Waals surface area contributed by atoms with Crippen LogP contribution < -0.4 is 37.0 Å². The number of fused-ring (bicyclic) bond motifs is 2. The van der Waals surface area contributed by atoms with Crippen molar-refractivity contribution in [3.05, 3.63) is 59.1 Å². The molecule has 0 atom stereocenters. The van der Waals surface area contributed by atoms with Crippen molar-refractivity contribution in [3.8, 4) is 11.5 Å². The minimum absolute atomic E-state index is 0. The summed E-state index contributed by atoms with van der Waals surface area (Å²) in [5, 5.41) is 1.71. The maximum absolute atomic E-state index is 10.7. The van der Waals surface area contributed by atoms with Crippen molar-refractivity contribution >= 4 is 35.0 Å². The summed E-state index contributed by atoms with van der Waals surface area (Å²) in [7, 11) is 0. The number of hydrogen-bond acceptors (Lipinski definition) is 3. The molecule has 0 spiro atoms. The average molecular weight is 356 g/mol. The second-order valence-corrected chi connectivity index (χ2v) is 3.92. The number of ether oxygens (including phenoxy) is 2. The quantitative estimate of drug-likeness (QED) is 0.386. The molecule has 2 aromatic rings. The molecule has 0 bridgehead atoms. The van der Waals surface area contributed by atoms with Crippen molar-refractivity contribution < 1.29 is 31.2 Å². The maximum atomic E-state index is 10.7. The smallest absolute Gasteiger partial charge is 1.00 e. The first kappa shape index (κ1) is 17.7. The molecule has 0 aliphatic carbocycles. The number of benzene rings is 2. The van der Waals surface area contributed by atoms with Gasteiger partial charge in [-0.15, -0.1) is 12.1 Å². The predicted molar refractivity (Wildman–Crippen MR) is 73.9 cm³/mol. The van der Waals surface area contributed by atoms with Gasteiger partial charge in [-0.25, -0.2) is 4.99 Å². The van der Waals surface area contributed by atoms with Crippen LogP contribution in [0.1, 0.15) is 0 Å². The molecule has 6 heteroatoms. The molecule has 2 heterocycles. The fourth-order valence-electron chi connectivity index (χ4n) is 1.78. The monoisotopic (exact) mass is 355 g/mol. The van der Waals surface area contributed by atoms with Gasteiger partial charge in [-0.3, -0.25) is 4.79 Å². The van der Waals surface area contributed by atoms with E-state index in [2.05, 4.69) is 11.1 Å². The third-order valence-corrected chi connectivity index (χ3v) is 2.65. The molecule has 1 amide bonds. The second-order valence-electron chi connectivity index (χ2n) is 3.92. The molecule has 0 fully saturated rings. The van der Waals surface area contributed by atoms with E-state index in [1.807, 2.05) is 36.4 Å². The number of nitrogens with zero attached hydrogens (tertiary/aromatic N) is 1. The van der Waals surface area contributed by atoms with Gasteiger partial charge >= 0.3 is 23.1 Å². The van der Waals surface area contributed by atoms with Crippen LogP contribution in [-0.2, 0) is 4.79 Å². The summed E-state index contributed by atoms with van der Waals surface area (Å²) in [6.07, 6.45) is 1.54. The Kier molecular flexibility index (Phi) is 6.87. The van der Waals surface area contributed by atoms with Crippen LogP contribution in [0.4, 0.5) is 0 Å². The Hall–Kier alpha value is -1.37. The van der Waals surface area contributed by atoms with E-state index in [1.54, 1.807) is 6.07 Å². The molecule has 2 aliphatic heterocycles. The van der Waals surface area contributed by atoms with E-state index in [9.17, 15) is 4.79 Å². The predicted octanol–water partition coefficient (Wildman–Crippen LogP) is -2.53. The van der Waals surface area contributed by atoms with Crippen molar-refractivity contribution in [3.63, 3.8) is 0 Å². The summed E-state index contributed by atoms with van der Waals surface area (Å²) in [6.45, 7) is 0.329. The van der Waals surface area contributed by atoms with Crippen molar-refractivity contribution in [2.75, 3.05) is 6.79 Å². The SMILES string of the molecule is O=C1C=c2ccccc2=N1.[Br-].[Mg+2].[c-]1cccc2c1OCO2. The molecule has 0 saturated heterocycles. The molecule has 4 nitrogen and oxygen atoms in total. The zero-order chi connectivity index (χ0) is 13.1. The zero-order valence-electron chi connectivity index (χ0n) is 11.1. The van der Waals surface area contributed by atoms with Crippen molar-refractivity contribution in [1.29, 1.82) is 0 Å². The van der Waals surface area contributed by atoms with E-state index in [0.717, 1.165) is 22.1 Å². The van der Waals surface area contributed by atoms with Gasteiger partial charge in [0.1, 0.15) is 0 Å². The van der Waals surface area contributed by atoms with E-state index in [1.165, 1.54) is 6.08 Å². The van der Waals surface area contributed by atoms with Crippen LogP contribution in [-0.4, -0.2) is 35.8 Å². The molecule has 0 saturated carbocycles. The summed E-state index contributed by atoms with van der Waals surface area (Å²) in [5.74, 6) is 1.36. The first-order valence-corrected chi connectivity index (χ1v) is 5.79. The van der Waals surface area contributed by atoms with E-state index in [0.29, 0.717) is 6.79 Å². The van der Waals surface area contributed by atoms with Gasteiger partial charge in [0.05, 0.1) is 16.9 Å². The van der Waals surface area contributed by atoms with E-state index in [-0.39, 0.29) is 45.9 Å². The number of amides is 1. The molecule has 102 valence electrons. The molecule has 0 unspecified atom stereocenters. The number of carbonyl (C=O) groups excluding carboxylic acids is 1. The maximum Gasteiger partial charge on any atom is 2.00 e. The molecule has 21 heavy (non-hydrogen) atoms. The Morgan fingerprint density at radius 3 is 2.67 bits per heavy atom. The second kappa shape index (κ2) is 8.16. The van der Waals surface area contributed by atoms with Crippen molar-refractivity contribution in [2.24, 2.45) is 4.99 Å². The summed E-state index contributed by atoms with van der Waals surface area (Å²) in [6, 6.07) is 15.9. The zero-order valence-corrected chi connectivity index (χ0v) is 14.1. The normalized spacial score (nSPS) is 12.5. The van der Waals surface area contributed by atoms with Gasteiger partial charge < -0.3 is 26.5 Å². The first-order chi connectivity index (χ1) is 9.33. The number of para-hydroxylation sites is 2. The van der Waals surface area contributed by atoms with Gasteiger partial charge in [0.2, 0.25) is 6.79 Å². The molecular weight excluding hydrogens is 346 g/mol. The van der Waals surface area contributed by atoms with Gasteiger partial charge in [-0.05, 0) is 6.07 Å². The first-order valence-electron chi connectivity index (χ1n) is 5.79. The Morgan fingerprint density at radius 2 is 1.90 bits per heavy atom. The fourth-order valence-corrected chi connectivity index (χ4v) is 1.78. The minimum Gasteiger partial charge on any atom is -1.00 e. The fraction of sp³-hybridized carbons (Fsp3) is 0.0667. The molecule has 2 aromatic carbocycles. The Balaban J connectivity index is 0.000000192. The van der Waals surface area contributed by atoms with Crippen LogP contribution in [0.2, 0.25) is 0 Å². The molecule has 2 aliphatic rings. The number of hydrogen-bond donors (Lipinski definition) is 0. The van der Waals surface area contributed by atoms with Gasteiger partial charge in [0.25, 0.3) is 5.91 Å². The Morgan fingerprint density at radius 1 is 1.10 bits per heavy atom. The van der Waals surface area contributed by atoms with Gasteiger partial charge in [0, 0.05) is 11.3 Å². The van der Waals surface area contributed by atoms with Gasteiger partial charge in [-0.1, -0.05) is 18.2 Å². The average Bonchev–Trinajstić information content (AvgIpc) is 3.03. The molecule has 0 aromatic heterocycles. The molecule has 0 radical (unpaired) electrons. The number of halogens is 1. The standard InChI is InChI=1S/C8H5NO.C7H5O2.BrH.Mg/c10-8-5-6-3-1-2-4-7(6)9-8;1-2-4-7-6(3-1)8-5-9-7;;/h1-5H;1-3H,5H2;1H;/q;-1;;+2/p-1. The van der Waals surface area contributed by atoms with Gasteiger partial charge in [-0.2, -0.15) is 12.1 Å². The van der Waals surface area contributed by atoms with Crippen LogP contribution in [0.15, 0.2) is 47.5 Å². The van der Waals surface area contributed by atoms with Crippen LogP contribution in [0.5, 0.6) is 11.5 Å². The van der Waals surface area contributed by atoms with Crippen LogP contribution in [0.25, 0.3) is 6.08 Å². The summed E-state index contributed by atoms with van der Waals surface area (Å²) < 4.78 is 10.1. The third-order valence-electron chi connectivity index (χ3n) is 2.65.